The molecule has 2 saturated heterocycles. The van der Waals surface area contributed by atoms with E-state index in [0.29, 0.717) is 38.0 Å². The lowest BCUT2D eigenvalue weighted by atomic mass is 9.95. The predicted molar refractivity (Wildman–Crippen MR) is 108 cm³/mol. The van der Waals surface area contributed by atoms with Crippen LogP contribution in [-0.4, -0.2) is 59.7 Å². The molecule has 1 aromatic rings. The monoisotopic (exact) mass is 385 g/mol. The lowest BCUT2D eigenvalue weighted by Crippen LogP contribution is -2.50. The zero-order valence-electron chi connectivity index (χ0n) is 16.9. The van der Waals surface area contributed by atoms with E-state index in [2.05, 4.69) is 5.32 Å². The van der Waals surface area contributed by atoms with E-state index in [9.17, 15) is 14.4 Å². The van der Waals surface area contributed by atoms with E-state index < -0.39 is 0 Å². The smallest absolute Gasteiger partial charge is 0.251 e. The summed E-state index contributed by atoms with van der Waals surface area (Å²) in [6.07, 6.45) is 3.90. The molecule has 0 aromatic heterocycles. The summed E-state index contributed by atoms with van der Waals surface area (Å²) >= 11 is 0. The second-order valence-electron chi connectivity index (χ2n) is 7.99. The van der Waals surface area contributed by atoms with E-state index >= 15 is 0 Å². The van der Waals surface area contributed by atoms with Gasteiger partial charge in [0, 0.05) is 44.2 Å². The molecule has 3 amide bonds. The van der Waals surface area contributed by atoms with E-state index in [1.807, 2.05) is 43.0 Å². The molecule has 0 radical (unpaired) electrons. The van der Waals surface area contributed by atoms with Crippen molar-refractivity contribution < 1.29 is 14.4 Å². The molecule has 0 bridgehead atoms. The van der Waals surface area contributed by atoms with Crippen molar-refractivity contribution in [2.75, 3.05) is 26.2 Å². The number of carbonyl (C=O) groups is 3. The van der Waals surface area contributed by atoms with Crippen molar-refractivity contribution in [1.29, 1.82) is 0 Å². The molecule has 2 fully saturated rings. The van der Waals surface area contributed by atoms with Crippen molar-refractivity contribution in [3.8, 4) is 0 Å². The van der Waals surface area contributed by atoms with Gasteiger partial charge < -0.3 is 15.1 Å². The number of hydrogen-bond acceptors (Lipinski definition) is 3. The van der Waals surface area contributed by atoms with Crippen LogP contribution in [0, 0.1) is 12.8 Å². The van der Waals surface area contributed by atoms with E-state index in [4.69, 9.17) is 0 Å². The summed E-state index contributed by atoms with van der Waals surface area (Å²) in [5.41, 5.74) is 1.71. The number of rotatable bonds is 4. The van der Waals surface area contributed by atoms with Gasteiger partial charge in [-0.25, -0.2) is 0 Å². The summed E-state index contributed by atoms with van der Waals surface area (Å²) in [6, 6.07) is 7.52. The normalized spacial score (nSPS) is 23.3. The molecule has 1 aromatic carbocycles. The van der Waals surface area contributed by atoms with Crippen LogP contribution in [0.4, 0.5) is 0 Å². The van der Waals surface area contributed by atoms with Gasteiger partial charge in [-0.2, -0.15) is 0 Å². The van der Waals surface area contributed by atoms with Gasteiger partial charge in [-0.1, -0.05) is 17.7 Å². The maximum absolute atomic E-state index is 13.1. The van der Waals surface area contributed by atoms with E-state index in [0.717, 1.165) is 31.4 Å². The van der Waals surface area contributed by atoms with Crippen LogP contribution in [0.1, 0.15) is 54.9 Å². The highest BCUT2D eigenvalue weighted by Gasteiger charge is 2.33. The number of carbonyl (C=O) groups excluding carboxylic acids is 3. The second-order valence-corrected chi connectivity index (χ2v) is 7.99. The SMILES string of the molecule is CCN1CC(C(=O)N2CCCCC(NC(=O)c3cccc(C)c3)C2)CCC1=O. The molecule has 28 heavy (non-hydrogen) atoms. The highest BCUT2D eigenvalue weighted by molar-refractivity contribution is 5.94. The van der Waals surface area contributed by atoms with Crippen molar-refractivity contribution in [3.63, 3.8) is 0 Å². The van der Waals surface area contributed by atoms with Crippen molar-refractivity contribution in [2.45, 2.75) is 52.0 Å². The summed E-state index contributed by atoms with van der Waals surface area (Å²) < 4.78 is 0. The Balaban J connectivity index is 1.62. The summed E-state index contributed by atoms with van der Waals surface area (Å²) in [4.78, 5) is 41.3. The van der Waals surface area contributed by atoms with Crippen molar-refractivity contribution in [1.82, 2.24) is 15.1 Å². The molecular formula is C22H31N3O3. The van der Waals surface area contributed by atoms with Crippen LogP contribution in [0.2, 0.25) is 0 Å². The molecule has 2 atom stereocenters. The van der Waals surface area contributed by atoms with E-state index in [1.54, 1.807) is 4.90 Å². The third-order valence-electron chi connectivity index (χ3n) is 5.83. The van der Waals surface area contributed by atoms with E-state index in [1.165, 1.54) is 0 Å². The fraction of sp³-hybridized carbons (Fsp3) is 0.591. The predicted octanol–water partition coefficient (Wildman–Crippen LogP) is 2.36. The molecule has 6 heteroatoms. The molecular weight excluding hydrogens is 354 g/mol. The molecule has 0 aliphatic carbocycles. The van der Waals surface area contributed by atoms with Gasteiger partial charge >= 0.3 is 0 Å². The minimum absolute atomic E-state index is 0.0352. The van der Waals surface area contributed by atoms with Crippen LogP contribution < -0.4 is 5.32 Å². The van der Waals surface area contributed by atoms with Crippen LogP contribution in [0.3, 0.4) is 0 Å². The van der Waals surface area contributed by atoms with Gasteiger partial charge in [0.25, 0.3) is 5.91 Å². The van der Waals surface area contributed by atoms with Gasteiger partial charge in [0.15, 0.2) is 0 Å². The average molecular weight is 386 g/mol. The Morgan fingerprint density at radius 2 is 2.00 bits per heavy atom. The van der Waals surface area contributed by atoms with Crippen molar-refractivity contribution in [2.24, 2.45) is 5.92 Å². The Morgan fingerprint density at radius 3 is 2.75 bits per heavy atom. The van der Waals surface area contributed by atoms with Crippen LogP contribution in [0.25, 0.3) is 0 Å². The number of nitrogens with zero attached hydrogens (tertiary/aromatic N) is 2. The van der Waals surface area contributed by atoms with Gasteiger partial charge in [0.1, 0.15) is 0 Å². The number of aryl methyl sites for hydroxylation is 1. The highest BCUT2D eigenvalue weighted by atomic mass is 16.2. The van der Waals surface area contributed by atoms with Gasteiger partial charge in [-0.15, -0.1) is 0 Å². The lowest BCUT2D eigenvalue weighted by Gasteiger charge is -2.35. The Hall–Kier alpha value is -2.37. The fourth-order valence-electron chi connectivity index (χ4n) is 4.20. The quantitative estimate of drug-likeness (QED) is 0.865. The van der Waals surface area contributed by atoms with Crippen molar-refractivity contribution >= 4 is 17.7 Å². The van der Waals surface area contributed by atoms with Gasteiger partial charge in [0.05, 0.1) is 5.92 Å². The third-order valence-corrected chi connectivity index (χ3v) is 5.83. The third kappa shape index (κ3) is 4.91. The van der Waals surface area contributed by atoms with Gasteiger partial charge in [0.2, 0.25) is 11.8 Å². The van der Waals surface area contributed by atoms with Crippen LogP contribution in [0.5, 0.6) is 0 Å². The Kier molecular flexibility index (Phi) is 6.70. The van der Waals surface area contributed by atoms with E-state index in [-0.39, 0.29) is 29.7 Å². The van der Waals surface area contributed by atoms with Crippen molar-refractivity contribution in [3.05, 3.63) is 35.4 Å². The first-order valence-electron chi connectivity index (χ1n) is 10.4. The van der Waals surface area contributed by atoms with Gasteiger partial charge in [-0.3, -0.25) is 14.4 Å². The molecule has 2 heterocycles. The molecule has 6 nitrogen and oxygen atoms in total. The first-order valence-corrected chi connectivity index (χ1v) is 10.4. The highest BCUT2D eigenvalue weighted by Crippen LogP contribution is 2.22. The lowest BCUT2D eigenvalue weighted by molar-refractivity contribution is -0.143. The maximum atomic E-state index is 13.1. The number of piperidine rings is 1. The first kappa shape index (κ1) is 20.4. The zero-order valence-corrected chi connectivity index (χ0v) is 16.9. The molecule has 2 aliphatic rings. The number of likely N-dealkylation sites (tertiary alicyclic amines) is 2. The van der Waals surface area contributed by atoms with Crippen LogP contribution in [0.15, 0.2) is 24.3 Å². The first-order chi connectivity index (χ1) is 13.5. The number of nitrogens with one attached hydrogen (secondary N) is 1. The summed E-state index contributed by atoms with van der Waals surface area (Å²) in [5, 5.41) is 3.12. The number of hydrogen-bond donors (Lipinski definition) is 1. The summed E-state index contributed by atoms with van der Waals surface area (Å²) in [5.74, 6) is 0.0701. The molecule has 2 aliphatic heterocycles. The molecule has 152 valence electrons. The topological polar surface area (TPSA) is 69.7 Å². The summed E-state index contributed by atoms with van der Waals surface area (Å²) in [6.45, 7) is 6.37. The zero-order chi connectivity index (χ0) is 20.1. The van der Waals surface area contributed by atoms with Gasteiger partial charge in [-0.05, 0) is 51.7 Å². The Bertz CT molecular complexity index is 733. The number of amides is 3. The minimum Gasteiger partial charge on any atom is -0.348 e. The number of benzene rings is 1. The summed E-state index contributed by atoms with van der Waals surface area (Å²) in [7, 11) is 0. The average Bonchev–Trinajstić information content (AvgIpc) is 2.93. The largest absolute Gasteiger partial charge is 0.348 e. The second kappa shape index (κ2) is 9.22. The molecule has 1 N–H and O–H groups in total. The fourth-order valence-corrected chi connectivity index (χ4v) is 4.20. The Morgan fingerprint density at radius 1 is 1.18 bits per heavy atom. The molecule has 3 rings (SSSR count). The molecule has 0 saturated carbocycles. The Labute approximate surface area is 167 Å². The molecule has 0 spiro atoms. The standard InChI is InChI=1S/C22H31N3O3/c1-3-24-14-18(10-11-20(24)26)22(28)25-12-5-4-9-19(15-25)23-21(27)17-8-6-7-16(2)13-17/h6-8,13,18-19H,3-5,9-12,14-15H2,1-2H3,(H,23,27). The van der Waals surface area contributed by atoms with Crippen LogP contribution >= 0.6 is 0 Å². The molecule has 2 unspecified atom stereocenters. The maximum Gasteiger partial charge on any atom is 0.251 e. The minimum atomic E-state index is -0.121. The van der Waals surface area contributed by atoms with Crippen LogP contribution in [-0.2, 0) is 9.59 Å².